The highest BCUT2D eigenvalue weighted by molar-refractivity contribution is 9.09. The Balaban J connectivity index is 1.83. The van der Waals surface area contributed by atoms with E-state index in [4.69, 9.17) is 0 Å². The first kappa shape index (κ1) is 8.76. The van der Waals surface area contributed by atoms with Gasteiger partial charge in [0.05, 0.1) is 0 Å². The highest BCUT2D eigenvalue weighted by Gasteiger charge is 2.40. The first-order chi connectivity index (χ1) is 5.85. The van der Waals surface area contributed by atoms with Crippen LogP contribution in [0.15, 0.2) is 17.5 Å². The molecule has 1 saturated carbocycles. The number of alkyl halides is 1. The van der Waals surface area contributed by atoms with E-state index in [9.17, 15) is 0 Å². The first-order valence-electron chi connectivity index (χ1n) is 4.43. The van der Waals surface area contributed by atoms with Crippen molar-refractivity contribution < 1.29 is 0 Å². The summed E-state index contributed by atoms with van der Waals surface area (Å²) in [4.78, 5) is 1.54. The van der Waals surface area contributed by atoms with E-state index in [1.807, 2.05) is 11.3 Å². The lowest BCUT2D eigenvalue weighted by atomic mass is 10.0. The van der Waals surface area contributed by atoms with Gasteiger partial charge in [0.25, 0.3) is 0 Å². The van der Waals surface area contributed by atoms with Crippen LogP contribution in [-0.2, 0) is 6.42 Å². The molecule has 66 valence electrons. The number of thiophene rings is 1. The lowest BCUT2D eigenvalue weighted by Crippen LogP contribution is -2.02. The fraction of sp³-hybridized carbons (Fsp3) is 0.600. The van der Waals surface area contributed by atoms with E-state index in [1.165, 1.54) is 31.0 Å². The van der Waals surface area contributed by atoms with Gasteiger partial charge in [-0.05, 0) is 42.5 Å². The normalized spacial score (nSPS) is 19.4. The number of aryl methyl sites for hydroxylation is 1. The Morgan fingerprint density at radius 3 is 2.83 bits per heavy atom. The molecule has 1 aromatic heterocycles. The molecule has 1 aromatic rings. The number of hydrogen-bond acceptors (Lipinski definition) is 1. The van der Waals surface area contributed by atoms with E-state index < -0.39 is 0 Å². The second-order valence-electron chi connectivity index (χ2n) is 3.71. The monoisotopic (exact) mass is 244 g/mol. The average Bonchev–Trinajstić information content (AvgIpc) is 2.70. The van der Waals surface area contributed by atoms with E-state index in [-0.39, 0.29) is 0 Å². The maximum atomic E-state index is 3.60. The van der Waals surface area contributed by atoms with Crippen molar-refractivity contribution in [1.82, 2.24) is 0 Å². The van der Waals surface area contributed by atoms with Crippen LogP contribution in [0.5, 0.6) is 0 Å². The van der Waals surface area contributed by atoms with Crippen molar-refractivity contribution >= 4 is 27.3 Å². The predicted octanol–water partition coefficient (Wildman–Crippen LogP) is 3.86. The van der Waals surface area contributed by atoms with Gasteiger partial charge in [-0.3, -0.25) is 0 Å². The van der Waals surface area contributed by atoms with Crippen LogP contribution in [0.4, 0.5) is 0 Å². The molecule has 1 aliphatic carbocycles. The maximum Gasteiger partial charge on any atom is 0.00880 e. The Kier molecular flexibility index (Phi) is 2.56. The highest BCUT2D eigenvalue weighted by Crippen LogP contribution is 2.50. The molecule has 0 amide bonds. The summed E-state index contributed by atoms with van der Waals surface area (Å²) in [5.74, 6) is 0. The summed E-state index contributed by atoms with van der Waals surface area (Å²) in [5.41, 5.74) is 0.685. The summed E-state index contributed by atoms with van der Waals surface area (Å²) >= 11 is 5.49. The molecule has 0 N–H and O–H groups in total. The lowest BCUT2D eigenvalue weighted by molar-refractivity contribution is 0.534. The van der Waals surface area contributed by atoms with Crippen molar-refractivity contribution in [2.75, 3.05) is 5.33 Å². The van der Waals surface area contributed by atoms with Gasteiger partial charge < -0.3 is 0 Å². The van der Waals surface area contributed by atoms with Gasteiger partial charge in [-0.15, -0.1) is 11.3 Å². The summed E-state index contributed by atoms with van der Waals surface area (Å²) in [6.45, 7) is 0. The van der Waals surface area contributed by atoms with Crippen LogP contribution in [-0.4, -0.2) is 5.33 Å². The Morgan fingerprint density at radius 2 is 2.33 bits per heavy atom. The van der Waals surface area contributed by atoms with Crippen LogP contribution in [0, 0.1) is 5.41 Å². The lowest BCUT2D eigenvalue weighted by Gasteiger charge is -2.08. The molecule has 0 unspecified atom stereocenters. The molecule has 0 radical (unpaired) electrons. The fourth-order valence-corrected chi connectivity index (χ4v) is 3.02. The van der Waals surface area contributed by atoms with Gasteiger partial charge >= 0.3 is 0 Å². The molecule has 12 heavy (non-hydrogen) atoms. The zero-order chi connectivity index (χ0) is 8.44. The molecule has 0 bridgehead atoms. The topological polar surface area (TPSA) is 0 Å². The van der Waals surface area contributed by atoms with Crippen LogP contribution < -0.4 is 0 Å². The van der Waals surface area contributed by atoms with Crippen molar-refractivity contribution in [2.45, 2.75) is 25.7 Å². The molecule has 0 nitrogen and oxygen atoms in total. The van der Waals surface area contributed by atoms with E-state index in [1.54, 1.807) is 4.88 Å². The standard InChI is InChI=1S/C10H13BrS/c11-8-10(5-6-10)4-3-9-2-1-7-12-9/h1-2,7H,3-6,8H2. The Bertz CT molecular complexity index is 236. The van der Waals surface area contributed by atoms with Crippen LogP contribution in [0.3, 0.4) is 0 Å². The molecule has 2 rings (SSSR count). The minimum Gasteiger partial charge on any atom is -0.149 e. The molecule has 1 fully saturated rings. The Morgan fingerprint density at radius 1 is 1.50 bits per heavy atom. The first-order valence-corrected chi connectivity index (χ1v) is 6.43. The van der Waals surface area contributed by atoms with E-state index in [2.05, 4.69) is 33.4 Å². The summed E-state index contributed by atoms with van der Waals surface area (Å²) < 4.78 is 0. The minimum atomic E-state index is 0.685. The van der Waals surface area contributed by atoms with E-state index in [0.29, 0.717) is 5.41 Å². The SMILES string of the molecule is BrCC1(CCc2cccs2)CC1. The van der Waals surface area contributed by atoms with Crippen molar-refractivity contribution in [3.63, 3.8) is 0 Å². The summed E-state index contributed by atoms with van der Waals surface area (Å²) in [7, 11) is 0. The Labute approximate surface area is 86.1 Å². The third kappa shape index (κ3) is 1.91. The Hall–Kier alpha value is 0.180. The predicted molar refractivity (Wildman–Crippen MR) is 58.1 cm³/mol. The largest absolute Gasteiger partial charge is 0.149 e. The molecule has 1 heterocycles. The molecule has 2 heteroatoms. The molecule has 1 aliphatic rings. The van der Waals surface area contributed by atoms with Crippen molar-refractivity contribution in [1.29, 1.82) is 0 Å². The fourth-order valence-electron chi connectivity index (χ4n) is 1.47. The van der Waals surface area contributed by atoms with Crippen LogP contribution in [0.2, 0.25) is 0 Å². The van der Waals surface area contributed by atoms with E-state index in [0.717, 1.165) is 0 Å². The number of rotatable bonds is 4. The summed E-state index contributed by atoms with van der Waals surface area (Å²) in [6, 6.07) is 4.39. The van der Waals surface area contributed by atoms with Crippen molar-refractivity contribution in [3.05, 3.63) is 22.4 Å². The van der Waals surface area contributed by atoms with Gasteiger partial charge in [0, 0.05) is 10.2 Å². The van der Waals surface area contributed by atoms with Crippen molar-refractivity contribution in [3.8, 4) is 0 Å². The maximum absolute atomic E-state index is 3.60. The zero-order valence-electron chi connectivity index (χ0n) is 7.05. The molecule has 0 aromatic carbocycles. The highest BCUT2D eigenvalue weighted by atomic mass is 79.9. The van der Waals surface area contributed by atoms with Gasteiger partial charge in [0.2, 0.25) is 0 Å². The molecule has 0 atom stereocenters. The second kappa shape index (κ2) is 3.51. The van der Waals surface area contributed by atoms with Crippen LogP contribution >= 0.6 is 27.3 Å². The second-order valence-corrected chi connectivity index (χ2v) is 5.31. The van der Waals surface area contributed by atoms with Crippen LogP contribution in [0.25, 0.3) is 0 Å². The van der Waals surface area contributed by atoms with Gasteiger partial charge in [0.15, 0.2) is 0 Å². The van der Waals surface area contributed by atoms with Gasteiger partial charge in [-0.1, -0.05) is 22.0 Å². The molecular weight excluding hydrogens is 232 g/mol. The zero-order valence-corrected chi connectivity index (χ0v) is 9.46. The quantitative estimate of drug-likeness (QED) is 0.706. The molecule has 0 saturated heterocycles. The third-order valence-electron chi connectivity index (χ3n) is 2.72. The molecule has 0 aliphatic heterocycles. The van der Waals surface area contributed by atoms with Crippen molar-refractivity contribution in [2.24, 2.45) is 5.41 Å². The molecule has 0 spiro atoms. The number of halogens is 1. The number of hydrogen-bond donors (Lipinski definition) is 0. The van der Waals surface area contributed by atoms with Gasteiger partial charge in [-0.2, -0.15) is 0 Å². The minimum absolute atomic E-state index is 0.685. The van der Waals surface area contributed by atoms with E-state index >= 15 is 0 Å². The third-order valence-corrected chi connectivity index (χ3v) is 4.85. The van der Waals surface area contributed by atoms with Gasteiger partial charge in [0.1, 0.15) is 0 Å². The van der Waals surface area contributed by atoms with Crippen LogP contribution in [0.1, 0.15) is 24.1 Å². The van der Waals surface area contributed by atoms with Gasteiger partial charge in [-0.25, -0.2) is 0 Å². The summed E-state index contributed by atoms with van der Waals surface area (Å²) in [6.07, 6.45) is 5.52. The molecular formula is C10H13BrS. The summed E-state index contributed by atoms with van der Waals surface area (Å²) in [5, 5.41) is 3.37. The smallest absolute Gasteiger partial charge is 0.00880 e. The average molecular weight is 245 g/mol.